The first-order chi connectivity index (χ1) is 19.3. The molecule has 1 atom stereocenters. The van der Waals surface area contributed by atoms with Crippen molar-refractivity contribution >= 4 is 34.8 Å². The van der Waals surface area contributed by atoms with E-state index in [0.29, 0.717) is 35.2 Å². The number of hydrogen-bond donors (Lipinski definition) is 3. The maximum absolute atomic E-state index is 13.0. The molecule has 2 aromatic carbocycles. The van der Waals surface area contributed by atoms with Gasteiger partial charge in [-0.15, -0.1) is 0 Å². The van der Waals surface area contributed by atoms with E-state index in [-0.39, 0.29) is 23.6 Å². The fourth-order valence-corrected chi connectivity index (χ4v) is 5.02. The summed E-state index contributed by atoms with van der Waals surface area (Å²) in [5.41, 5.74) is 6.03. The van der Waals surface area contributed by atoms with Crippen LogP contribution in [-0.4, -0.2) is 51.0 Å². The number of likely N-dealkylation sites (tertiary alicyclic amines) is 1. The standard InChI is InChI=1S/C31H30ClN5O3/c1-19-9-11-27(33-15-19)30(39)35-25-7-3-5-23(20(25)2)24-6-4-8-26(29(24)32)36-31(40)28-12-10-21(16-34-28)17-37-14-13-22(38)18-37/h3-12,15-16,22,38H,13-14,17-18H2,1-2H3,(H,35,39)(H,36,40)/t22-/m0/s1. The molecule has 4 aromatic rings. The van der Waals surface area contributed by atoms with E-state index in [1.807, 2.05) is 56.3 Å². The van der Waals surface area contributed by atoms with Gasteiger partial charge in [0.1, 0.15) is 11.4 Å². The first-order valence-corrected chi connectivity index (χ1v) is 13.5. The molecule has 0 unspecified atom stereocenters. The van der Waals surface area contributed by atoms with E-state index in [1.54, 1.807) is 30.6 Å². The van der Waals surface area contributed by atoms with Crippen molar-refractivity contribution in [3.63, 3.8) is 0 Å². The topological polar surface area (TPSA) is 107 Å². The minimum absolute atomic E-state index is 0.275. The lowest BCUT2D eigenvalue weighted by Crippen LogP contribution is -2.21. The number of aliphatic hydroxyl groups is 1. The van der Waals surface area contributed by atoms with Gasteiger partial charge in [0, 0.05) is 43.3 Å². The molecule has 1 aliphatic rings. The predicted octanol–water partition coefficient (Wildman–Crippen LogP) is 5.49. The number of aromatic nitrogens is 2. The molecule has 0 spiro atoms. The van der Waals surface area contributed by atoms with Crippen LogP contribution in [-0.2, 0) is 6.54 Å². The summed E-state index contributed by atoms with van der Waals surface area (Å²) in [5, 5.41) is 15.9. The van der Waals surface area contributed by atoms with Crippen molar-refractivity contribution in [2.24, 2.45) is 0 Å². The Labute approximate surface area is 238 Å². The molecule has 5 rings (SSSR count). The number of aliphatic hydroxyl groups excluding tert-OH is 1. The highest BCUT2D eigenvalue weighted by molar-refractivity contribution is 6.36. The minimum Gasteiger partial charge on any atom is -0.392 e. The molecule has 1 saturated heterocycles. The third kappa shape index (κ3) is 6.20. The lowest BCUT2D eigenvalue weighted by atomic mass is 9.98. The number of benzene rings is 2. The van der Waals surface area contributed by atoms with E-state index < -0.39 is 0 Å². The number of anilines is 2. The van der Waals surface area contributed by atoms with Crippen LogP contribution < -0.4 is 10.6 Å². The van der Waals surface area contributed by atoms with E-state index in [2.05, 4.69) is 25.5 Å². The lowest BCUT2D eigenvalue weighted by Gasteiger charge is -2.16. The van der Waals surface area contributed by atoms with Crippen molar-refractivity contribution in [1.29, 1.82) is 0 Å². The average Bonchev–Trinajstić information content (AvgIpc) is 3.36. The van der Waals surface area contributed by atoms with Crippen LogP contribution in [0.2, 0.25) is 5.02 Å². The van der Waals surface area contributed by atoms with Crippen LogP contribution in [0.5, 0.6) is 0 Å². The molecule has 0 saturated carbocycles. The number of carbonyl (C=O) groups excluding carboxylic acids is 2. The van der Waals surface area contributed by atoms with Crippen molar-refractivity contribution in [2.45, 2.75) is 32.9 Å². The number of amides is 2. The van der Waals surface area contributed by atoms with Crippen LogP contribution >= 0.6 is 11.6 Å². The van der Waals surface area contributed by atoms with Crippen LogP contribution in [0.1, 0.15) is 44.1 Å². The van der Waals surface area contributed by atoms with Gasteiger partial charge in [-0.25, -0.2) is 0 Å². The number of pyridine rings is 2. The van der Waals surface area contributed by atoms with E-state index in [0.717, 1.165) is 40.8 Å². The Hall–Kier alpha value is -4.11. The highest BCUT2D eigenvalue weighted by Crippen LogP contribution is 2.37. The van der Waals surface area contributed by atoms with Gasteiger partial charge in [-0.05, 0) is 66.8 Å². The van der Waals surface area contributed by atoms with Crippen LogP contribution in [0.15, 0.2) is 73.1 Å². The Kier molecular flexibility index (Phi) is 8.21. The normalized spacial score (nSPS) is 15.2. The summed E-state index contributed by atoms with van der Waals surface area (Å²) in [5.74, 6) is -0.672. The largest absolute Gasteiger partial charge is 0.392 e. The highest BCUT2D eigenvalue weighted by Gasteiger charge is 2.21. The molecule has 3 heterocycles. The Morgan fingerprint density at radius 2 is 1.55 bits per heavy atom. The van der Waals surface area contributed by atoms with Crippen LogP contribution in [0.25, 0.3) is 11.1 Å². The molecular weight excluding hydrogens is 526 g/mol. The second-order valence-electron chi connectivity index (χ2n) is 10.0. The number of rotatable bonds is 7. The zero-order chi connectivity index (χ0) is 28.2. The van der Waals surface area contributed by atoms with Gasteiger partial charge < -0.3 is 15.7 Å². The average molecular weight is 556 g/mol. The SMILES string of the molecule is Cc1ccc(C(=O)Nc2cccc(-c3cccc(NC(=O)c4ccc(CN5CC[C@H](O)C5)cn4)c3Cl)c2C)nc1. The maximum Gasteiger partial charge on any atom is 0.274 e. The monoisotopic (exact) mass is 555 g/mol. The summed E-state index contributed by atoms with van der Waals surface area (Å²) >= 11 is 6.79. The van der Waals surface area contributed by atoms with Gasteiger partial charge in [-0.2, -0.15) is 0 Å². The molecule has 0 aliphatic carbocycles. The Bertz CT molecular complexity index is 1540. The number of nitrogens with one attached hydrogen (secondary N) is 2. The zero-order valence-corrected chi connectivity index (χ0v) is 23.1. The van der Waals surface area contributed by atoms with Crippen molar-refractivity contribution in [3.8, 4) is 11.1 Å². The minimum atomic E-state index is -0.370. The molecular formula is C31H30ClN5O3. The van der Waals surface area contributed by atoms with Crippen LogP contribution in [0.4, 0.5) is 11.4 Å². The van der Waals surface area contributed by atoms with Crippen molar-refractivity contribution < 1.29 is 14.7 Å². The smallest absolute Gasteiger partial charge is 0.274 e. The molecule has 9 heteroatoms. The van der Waals surface area contributed by atoms with Crippen molar-refractivity contribution in [2.75, 3.05) is 23.7 Å². The molecule has 3 N–H and O–H groups in total. The number of aryl methyl sites for hydroxylation is 1. The highest BCUT2D eigenvalue weighted by atomic mass is 35.5. The van der Waals surface area contributed by atoms with Crippen molar-refractivity contribution in [3.05, 3.63) is 106 Å². The van der Waals surface area contributed by atoms with Gasteiger partial charge in [-0.3, -0.25) is 24.5 Å². The fourth-order valence-electron chi connectivity index (χ4n) is 4.74. The number of hydrogen-bond acceptors (Lipinski definition) is 6. The van der Waals surface area contributed by atoms with Crippen molar-refractivity contribution in [1.82, 2.24) is 14.9 Å². The third-order valence-electron chi connectivity index (χ3n) is 6.97. The molecule has 40 heavy (non-hydrogen) atoms. The van der Waals surface area contributed by atoms with Gasteiger partial charge >= 0.3 is 0 Å². The molecule has 1 fully saturated rings. The Morgan fingerprint density at radius 1 is 0.900 bits per heavy atom. The van der Waals surface area contributed by atoms with Gasteiger partial charge in [0.15, 0.2) is 0 Å². The number of carbonyl (C=O) groups is 2. The predicted molar refractivity (Wildman–Crippen MR) is 157 cm³/mol. The lowest BCUT2D eigenvalue weighted by molar-refractivity contribution is 0.101. The molecule has 204 valence electrons. The van der Waals surface area contributed by atoms with Crippen LogP contribution in [0, 0.1) is 13.8 Å². The summed E-state index contributed by atoms with van der Waals surface area (Å²) < 4.78 is 0. The third-order valence-corrected chi connectivity index (χ3v) is 7.38. The quantitative estimate of drug-likeness (QED) is 0.278. The molecule has 2 amide bonds. The van der Waals surface area contributed by atoms with E-state index in [4.69, 9.17) is 11.6 Å². The van der Waals surface area contributed by atoms with Gasteiger partial charge in [0.2, 0.25) is 0 Å². The summed E-state index contributed by atoms with van der Waals surface area (Å²) in [7, 11) is 0. The second-order valence-corrected chi connectivity index (χ2v) is 10.4. The molecule has 2 aromatic heterocycles. The van der Waals surface area contributed by atoms with E-state index in [9.17, 15) is 14.7 Å². The molecule has 8 nitrogen and oxygen atoms in total. The number of nitrogens with zero attached hydrogens (tertiary/aromatic N) is 3. The van der Waals surface area contributed by atoms with Gasteiger partial charge in [0.05, 0.1) is 16.8 Å². The van der Waals surface area contributed by atoms with Gasteiger partial charge in [-0.1, -0.05) is 48.0 Å². The summed E-state index contributed by atoms with van der Waals surface area (Å²) in [6.07, 6.45) is 3.84. The number of β-amino-alcohol motifs (C(OH)–C–C–N with tert-alkyl or cyclic N) is 1. The summed E-state index contributed by atoms with van der Waals surface area (Å²) in [6.45, 7) is 5.99. The van der Waals surface area contributed by atoms with Gasteiger partial charge in [0.25, 0.3) is 11.8 Å². The number of halogens is 1. The fraction of sp³-hybridized carbons (Fsp3) is 0.226. The molecule has 0 radical (unpaired) electrons. The van der Waals surface area contributed by atoms with Crippen LogP contribution in [0.3, 0.4) is 0 Å². The van der Waals surface area contributed by atoms with E-state index in [1.165, 1.54) is 0 Å². The molecule has 0 bridgehead atoms. The molecule has 1 aliphatic heterocycles. The Morgan fingerprint density at radius 3 is 2.17 bits per heavy atom. The zero-order valence-electron chi connectivity index (χ0n) is 22.3. The summed E-state index contributed by atoms with van der Waals surface area (Å²) in [6, 6.07) is 18.1. The first kappa shape index (κ1) is 27.5. The van der Waals surface area contributed by atoms with E-state index >= 15 is 0 Å². The Balaban J connectivity index is 1.31. The summed E-state index contributed by atoms with van der Waals surface area (Å²) in [4.78, 5) is 36.4. The first-order valence-electron chi connectivity index (χ1n) is 13.1. The second kappa shape index (κ2) is 12.0. The maximum atomic E-state index is 13.0.